The minimum Gasteiger partial charge on any atom is -0.460 e. The van der Waals surface area contributed by atoms with Crippen LogP contribution in [0.4, 0.5) is 4.39 Å². The van der Waals surface area contributed by atoms with Crippen LogP contribution < -0.4 is 5.32 Å². The molecule has 0 bridgehead atoms. The molecule has 3 heteroatoms. The summed E-state index contributed by atoms with van der Waals surface area (Å²) in [5.41, 5.74) is 0.901. The Hall–Kier alpha value is -1.87. The van der Waals surface area contributed by atoms with Crippen molar-refractivity contribution in [1.29, 1.82) is 0 Å². The zero-order valence-corrected chi connectivity index (χ0v) is 11.3. The summed E-state index contributed by atoms with van der Waals surface area (Å²) >= 11 is 0. The summed E-state index contributed by atoms with van der Waals surface area (Å²) < 4.78 is 18.7. The fourth-order valence-electron chi connectivity index (χ4n) is 2.47. The van der Waals surface area contributed by atoms with E-state index in [0.29, 0.717) is 6.04 Å². The molecule has 1 atom stereocenters. The molecule has 0 saturated carbocycles. The lowest BCUT2D eigenvalue weighted by Crippen LogP contribution is -2.28. The third-order valence-electron chi connectivity index (χ3n) is 3.62. The normalized spacial score (nSPS) is 18.4. The summed E-state index contributed by atoms with van der Waals surface area (Å²) in [6, 6.07) is 10.8. The van der Waals surface area contributed by atoms with E-state index in [9.17, 15) is 4.39 Å². The predicted octanol–water partition coefficient (Wildman–Crippen LogP) is 4.28. The Kier molecular flexibility index (Phi) is 3.97. The van der Waals surface area contributed by atoms with E-state index in [-0.39, 0.29) is 5.82 Å². The third-order valence-corrected chi connectivity index (χ3v) is 3.62. The highest BCUT2D eigenvalue weighted by Crippen LogP contribution is 2.22. The first kappa shape index (κ1) is 13.1. The van der Waals surface area contributed by atoms with E-state index in [4.69, 9.17) is 4.42 Å². The molecule has 0 radical (unpaired) electrons. The lowest BCUT2D eigenvalue weighted by atomic mass is 10.0. The number of benzene rings is 1. The van der Waals surface area contributed by atoms with Gasteiger partial charge in [0.25, 0.3) is 0 Å². The molecule has 1 aliphatic rings. The lowest BCUT2D eigenvalue weighted by Gasteiger charge is -2.18. The van der Waals surface area contributed by atoms with E-state index in [2.05, 4.69) is 17.5 Å². The van der Waals surface area contributed by atoms with Crippen molar-refractivity contribution in [3.8, 4) is 11.3 Å². The van der Waals surface area contributed by atoms with Gasteiger partial charge >= 0.3 is 0 Å². The van der Waals surface area contributed by atoms with Crippen LogP contribution in [0.3, 0.4) is 0 Å². The van der Waals surface area contributed by atoms with Gasteiger partial charge in [-0.15, -0.1) is 0 Å². The highest BCUT2D eigenvalue weighted by Gasteiger charge is 2.10. The molecule has 0 aliphatic heterocycles. The zero-order valence-electron chi connectivity index (χ0n) is 11.3. The maximum Gasteiger partial charge on any atom is 0.134 e. The molecule has 3 rings (SSSR count). The fraction of sp³-hybridized carbons (Fsp3) is 0.294. The molecule has 0 spiro atoms. The van der Waals surface area contributed by atoms with Gasteiger partial charge in [0.05, 0.1) is 6.54 Å². The van der Waals surface area contributed by atoms with Crippen molar-refractivity contribution in [2.45, 2.75) is 31.8 Å². The number of nitrogens with one attached hydrogen (secondary N) is 1. The maximum absolute atomic E-state index is 12.9. The molecular formula is C17H18FNO. The molecule has 1 unspecified atom stereocenters. The Balaban J connectivity index is 1.61. The van der Waals surface area contributed by atoms with Gasteiger partial charge in [0.15, 0.2) is 0 Å². The van der Waals surface area contributed by atoms with Crippen molar-refractivity contribution in [1.82, 2.24) is 5.32 Å². The number of furan rings is 1. The van der Waals surface area contributed by atoms with Crippen molar-refractivity contribution in [2.75, 3.05) is 0 Å². The van der Waals surface area contributed by atoms with Crippen LogP contribution in [-0.4, -0.2) is 6.04 Å². The molecular weight excluding hydrogens is 253 g/mol. The topological polar surface area (TPSA) is 25.2 Å². The van der Waals surface area contributed by atoms with Gasteiger partial charge in [0.2, 0.25) is 0 Å². The second-order valence-corrected chi connectivity index (χ2v) is 5.14. The van der Waals surface area contributed by atoms with Gasteiger partial charge in [-0.3, -0.25) is 0 Å². The number of halogens is 1. The van der Waals surface area contributed by atoms with Crippen molar-refractivity contribution >= 4 is 0 Å². The van der Waals surface area contributed by atoms with E-state index in [0.717, 1.165) is 36.5 Å². The van der Waals surface area contributed by atoms with Gasteiger partial charge in [-0.05, 0) is 55.7 Å². The van der Waals surface area contributed by atoms with E-state index in [1.807, 2.05) is 12.1 Å². The van der Waals surface area contributed by atoms with E-state index >= 15 is 0 Å². The van der Waals surface area contributed by atoms with E-state index in [1.54, 1.807) is 12.1 Å². The van der Waals surface area contributed by atoms with Crippen LogP contribution >= 0.6 is 0 Å². The quantitative estimate of drug-likeness (QED) is 0.839. The number of rotatable bonds is 4. The van der Waals surface area contributed by atoms with Crippen LogP contribution in [0, 0.1) is 5.82 Å². The monoisotopic (exact) mass is 271 g/mol. The summed E-state index contributed by atoms with van der Waals surface area (Å²) in [6.45, 7) is 0.736. The summed E-state index contributed by atoms with van der Waals surface area (Å²) in [5, 5.41) is 3.51. The van der Waals surface area contributed by atoms with Gasteiger partial charge in [0, 0.05) is 11.6 Å². The van der Waals surface area contributed by atoms with Crippen LogP contribution in [0.2, 0.25) is 0 Å². The summed E-state index contributed by atoms with van der Waals surface area (Å²) in [4.78, 5) is 0. The van der Waals surface area contributed by atoms with Gasteiger partial charge < -0.3 is 9.73 Å². The molecule has 1 aliphatic carbocycles. The molecule has 104 valence electrons. The van der Waals surface area contributed by atoms with Crippen LogP contribution in [0.15, 0.2) is 53.0 Å². The molecule has 1 N–H and O–H groups in total. The van der Waals surface area contributed by atoms with E-state index in [1.165, 1.54) is 18.6 Å². The Bertz CT molecular complexity index is 585. The summed E-state index contributed by atoms with van der Waals surface area (Å²) in [6.07, 6.45) is 7.88. The Morgan fingerprint density at radius 1 is 1.10 bits per heavy atom. The van der Waals surface area contributed by atoms with Crippen LogP contribution in [-0.2, 0) is 6.54 Å². The lowest BCUT2D eigenvalue weighted by molar-refractivity contribution is 0.429. The molecule has 0 fully saturated rings. The number of hydrogen-bond acceptors (Lipinski definition) is 2. The second kappa shape index (κ2) is 6.06. The van der Waals surface area contributed by atoms with Crippen LogP contribution in [0.1, 0.15) is 25.0 Å². The van der Waals surface area contributed by atoms with Crippen molar-refractivity contribution in [3.63, 3.8) is 0 Å². The average molecular weight is 271 g/mol. The van der Waals surface area contributed by atoms with Gasteiger partial charge in [-0.2, -0.15) is 0 Å². The Morgan fingerprint density at radius 3 is 2.70 bits per heavy atom. The molecule has 1 heterocycles. The first-order valence-electron chi connectivity index (χ1n) is 7.04. The SMILES string of the molecule is Fc1ccc(-c2ccc(CNC3CC=CCC3)o2)cc1. The first-order valence-corrected chi connectivity index (χ1v) is 7.04. The average Bonchev–Trinajstić information content (AvgIpc) is 2.96. The highest BCUT2D eigenvalue weighted by molar-refractivity contribution is 5.57. The fourth-order valence-corrected chi connectivity index (χ4v) is 2.47. The molecule has 20 heavy (non-hydrogen) atoms. The molecule has 0 saturated heterocycles. The third kappa shape index (κ3) is 3.17. The highest BCUT2D eigenvalue weighted by atomic mass is 19.1. The van der Waals surface area contributed by atoms with Gasteiger partial charge in [0.1, 0.15) is 17.3 Å². The largest absolute Gasteiger partial charge is 0.460 e. The predicted molar refractivity (Wildman–Crippen MR) is 77.7 cm³/mol. The van der Waals surface area contributed by atoms with E-state index < -0.39 is 0 Å². The van der Waals surface area contributed by atoms with Crippen LogP contribution in [0.5, 0.6) is 0 Å². The second-order valence-electron chi connectivity index (χ2n) is 5.14. The van der Waals surface area contributed by atoms with Crippen molar-refractivity contribution in [3.05, 3.63) is 60.1 Å². The standard InChI is InChI=1S/C17H18FNO/c18-14-8-6-13(7-9-14)17-11-10-16(20-17)12-19-15-4-2-1-3-5-15/h1-2,6-11,15,19H,3-5,12H2. The molecule has 0 amide bonds. The van der Waals surface area contributed by atoms with Gasteiger partial charge in [-0.1, -0.05) is 12.2 Å². The summed E-state index contributed by atoms with van der Waals surface area (Å²) in [5.74, 6) is 1.47. The van der Waals surface area contributed by atoms with Crippen LogP contribution in [0.25, 0.3) is 11.3 Å². The number of allylic oxidation sites excluding steroid dienone is 1. The van der Waals surface area contributed by atoms with Crippen molar-refractivity contribution in [2.24, 2.45) is 0 Å². The number of hydrogen-bond donors (Lipinski definition) is 1. The first-order chi connectivity index (χ1) is 9.81. The van der Waals surface area contributed by atoms with Crippen molar-refractivity contribution < 1.29 is 8.81 Å². The molecule has 1 aromatic carbocycles. The Labute approximate surface area is 118 Å². The molecule has 2 nitrogen and oxygen atoms in total. The maximum atomic E-state index is 12.9. The Morgan fingerprint density at radius 2 is 1.95 bits per heavy atom. The minimum atomic E-state index is -0.229. The zero-order chi connectivity index (χ0) is 13.8. The minimum absolute atomic E-state index is 0.229. The van der Waals surface area contributed by atoms with Gasteiger partial charge in [-0.25, -0.2) is 4.39 Å². The summed E-state index contributed by atoms with van der Waals surface area (Å²) in [7, 11) is 0. The molecule has 1 aromatic heterocycles. The molecule has 2 aromatic rings. The smallest absolute Gasteiger partial charge is 0.134 e.